The van der Waals surface area contributed by atoms with Crippen LogP contribution in [0.4, 0.5) is 0 Å². The third-order valence-electron chi connectivity index (χ3n) is 2.46. The number of carbonyl (C=O) groups excluding carboxylic acids is 2. The Kier molecular flexibility index (Phi) is 11.6. The van der Waals surface area contributed by atoms with Gasteiger partial charge in [-0.15, -0.1) is 0 Å². The largest absolute Gasteiger partial charge is 0.353 e. The lowest BCUT2D eigenvalue weighted by Gasteiger charge is -2.22. The number of ether oxygens (including phenoxy) is 1. The summed E-state index contributed by atoms with van der Waals surface area (Å²) < 4.78 is 5.67. The molecule has 11 heteroatoms. The van der Waals surface area contributed by atoms with Crippen LogP contribution in [0.2, 0.25) is 0 Å². The van der Waals surface area contributed by atoms with E-state index in [1.165, 1.54) is 13.8 Å². The van der Waals surface area contributed by atoms with E-state index in [1.807, 2.05) is 0 Å². The lowest BCUT2D eigenvalue weighted by molar-refractivity contribution is -0.480. The number of hydrogen-bond donors (Lipinski definition) is 0. The molecule has 0 aliphatic rings. The molecule has 0 spiro atoms. The molecule has 0 radical (unpaired) electrons. The fourth-order valence-electron chi connectivity index (χ4n) is 1.62. The van der Waals surface area contributed by atoms with Gasteiger partial charge in [0.25, 0.3) is 0 Å². The van der Waals surface area contributed by atoms with Gasteiger partial charge in [0.1, 0.15) is 10.9 Å². The van der Waals surface area contributed by atoms with E-state index >= 15 is 0 Å². The summed E-state index contributed by atoms with van der Waals surface area (Å²) >= 11 is 1.81. The van der Waals surface area contributed by atoms with Gasteiger partial charge in [-0.3, -0.25) is 29.8 Å². The fraction of sp³-hybridized carbons (Fsp3) is 0.833. The van der Waals surface area contributed by atoms with Crippen molar-refractivity contribution in [2.75, 3.05) is 13.1 Å². The molecule has 0 heterocycles. The summed E-state index contributed by atoms with van der Waals surface area (Å²) in [4.78, 5) is 42.3. The molecule has 0 fully saturated rings. The number of nitrogens with zero attached hydrogens (tertiary/aromatic N) is 2. The van der Waals surface area contributed by atoms with Crippen LogP contribution in [0.5, 0.6) is 0 Å². The van der Waals surface area contributed by atoms with E-state index in [1.54, 1.807) is 0 Å². The van der Waals surface area contributed by atoms with E-state index in [-0.39, 0.29) is 49.0 Å². The van der Waals surface area contributed by atoms with Gasteiger partial charge in [0.05, 0.1) is 0 Å². The third-order valence-corrected chi connectivity index (χ3v) is 4.34. The molecule has 0 rings (SSSR count). The van der Waals surface area contributed by atoms with Crippen LogP contribution in [0.3, 0.4) is 0 Å². The van der Waals surface area contributed by atoms with Crippen LogP contribution in [-0.4, -0.2) is 44.0 Å². The Bertz CT molecular complexity index is 396. The summed E-state index contributed by atoms with van der Waals surface area (Å²) in [6.45, 7) is 2.25. The van der Waals surface area contributed by atoms with Gasteiger partial charge in [-0.25, -0.2) is 0 Å². The van der Waals surface area contributed by atoms with Gasteiger partial charge in [-0.2, -0.15) is 0 Å². The Labute approximate surface area is 142 Å². The van der Waals surface area contributed by atoms with Gasteiger partial charge in [0.15, 0.2) is 10.2 Å². The minimum atomic E-state index is -0.611. The van der Waals surface area contributed by atoms with Crippen molar-refractivity contribution in [2.45, 2.75) is 50.4 Å². The van der Waals surface area contributed by atoms with Crippen molar-refractivity contribution >= 4 is 33.8 Å². The maximum Gasteiger partial charge on any atom is 0.204 e. The van der Waals surface area contributed by atoms with Crippen LogP contribution in [0.1, 0.15) is 39.5 Å². The van der Waals surface area contributed by atoms with Crippen molar-refractivity contribution in [3.05, 3.63) is 20.2 Å². The van der Waals surface area contributed by atoms with Crippen LogP contribution in [0, 0.1) is 20.2 Å². The van der Waals surface area contributed by atoms with Crippen molar-refractivity contribution in [1.82, 2.24) is 0 Å². The standard InChI is InChI=1S/C12H20N2O7S2/c1-9(15)22-11(5-3-7-13(17)18)21-12(23-10(2)16)6-4-8-14(19)20/h11-12H,3-8H2,1-2H3. The second kappa shape index (κ2) is 12.3. The molecule has 0 aliphatic carbocycles. The Morgan fingerprint density at radius 1 is 0.913 bits per heavy atom. The summed E-state index contributed by atoms with van der Waals surface area (Å²) in [6, 6.07) is 0. The highest BCUT2D eigenvalue weighted by atomic mass is 32.2. The topological polar surface area (TPSA) is 130 Å². The van der Waals surface area contributed by atoms with Gasteiger partial charge in [0.2, 0.25) is 13.1 Å². The van der Waals surface area contributed by atoms with Gasteiger partial charge in [-0.1, -0.05) is 23.5 Å². The molecule has 0 saturated carbocycles. The first-order valence-electron chi connectivity index (χ1n) is 6.94. The normalized spacial score (nSPS) is 13.3. The summed E-state index contributed by atoms with van der Waals surface area (Å²) in [6.07, 6.45) is 1.06. The monoisotopic (exact) mass is 368 g/mol. The van der Waals surface area contributed by atoms with E-state index in [4.69, 9.17) is 4.74 Å². The van der Waals surface area contributed by atoms with E-state index in [0.29, 0.717) is 0 Å². The van der Waals surface area contributed by atoms with Crippen molar-refractivity contribution in [1.29, 1.82) is 0 Å². The van der Waals surface area contributed by atoms with Crippen LogP contribution in [0.25, 0.3) is 0 Å². The molecule has 2 atom stereocenters. The number of hydrogen-bond acceptors (Lipinski definition) is 9. The summed E-state index contributed by atoms with van der Waals surface area (Å²) in [5.74, 6) is 0. The lowest BCUT2D eigenvalue weighted by Crippen LogP contribution is -2.21. The average molecular weight is 368 g/mol. The third kappa shape index (κ3) is 14.1. The second-order valence-electron chi connectivity index (χ2n) is 4.61. The lowest BCUT2D eigenvalue weighted by atomic mass is 10.3. The number of thioether (sulfide) groups is 2. The maximum absolute atomic E-state index is 11.2. The molecule has 23 heavy (non-hydrogen) atoms. The minimum absolute atomic E-state index is 0.201. The van der Waals surface area contributed by atoms with Crippen molar-refractivity contribution in [2.24, 2.45) is 0 Å². The summed E-state index contributed by atoms with van der Waals surface area (Å²) in [5.41, 5.74) is -1.22. The van der Waals surface area contributed by atoms with Crippen LogP contribution in [-0.2, 0) is 14.3 Å². The van der Waals surface area contributed by atoms with Gasteiger partial charge in [0, 0.05) is 36.5 Å². The highest BCUT2D eigenvalue weighted by molar-refractivity contribution is 8.14. The van der Waals surface area contributed by atoms with Crippen LogP contribution in [0.15, 0.2) is 0 Å². The highest BCUT2D eigenvalue weighted by Gasteiger charge is 2.22. The quantitative estimate of drug-likeness (QED) is 0.289. The highest BCUT2D eigenvalue weighted by Crippen LogP contribution is 2.27. The number of rotatable bonds is 12. The Morgan fingerprint density at radius 3 is 1.52 bits per heavy atom. The molecule has 0 bridgehead atoms. The van der Waals surface area contributed by atoms with E-state index in [2.05, 4.69) is 0 Å². The zero-order valence-electron chi connectivity index (χ0n) is 13.0. The number of carbonyl (C=O) groups is 2. The minimum Gasteiger partial charge on any atom is -0.353 e. The van der Waals surface area contributed by atoms with Crippen molar-refractivity contribution in [3.8, 4) is 0 Å². The van der Waals surface area contributed by atoms with Crippen LogP contribution < -0.4 is 0 Å². The molecule has 0 aromatic heterocycles. The predicted molar refractivity (Wildman–Crippen MR) is 87.4 cm³/mol. The molecule has 9 nitrogen and oxygen atoms in total. The second-order valence-corrected chi connectivity index (χ2v) is 7.28. The Hall–Kier alpha value is -1.20. The maximum atomic E-state index is 11.2. The van der Waals surface area contributed by atoms with Gasteiger partial charge < -0.3 is 4.74 Å². The predicted octanol–water partition coefficient (Wildman–Crippen LogP) is 2.33. The molecule has 0 N–H and O–H groups in total. The molecule has 0 amide bonds. The van der Waals surface area contributed by atoms with Crippen molar-refractivity contribution in [3.63, 3.8) is 0 Å². The molecule has 132 valence electrons. The van der Waals surface area contributed by atoms with Crippen LogP contribution >= 0.6 is 23.5 Å². The molecular weight excluding hydrogens is 348 g/mol. The smallest absolute Gasteiger partial charge is 0.204 e. The first-order chi connectivity index (χ1) is 10.7. The Balaban J connectivity index is 4.59. The SMILES string of the molecule is CC(=O)SC(CCC[N+](=O)[O-])OC(CCC[N+](=O)[O-])SC(C)=O. The Morgan fingerprint density at radius 2 is 1.26 bits per heavy atom. The van der Waals surface area contributed by atoms with Crippen molar-refractivity contribution < 1.29 is 24.2 Å². The molecule has 0 aromatic carbocycles. The zero-order valence-corrected chi connectivity index (χ0v) is 14.6. The molecule has 0 aromatic rings. The number of nitro groups is 2. The van der Waals surface area contributed by atoms with Gasteiger partial charge >= 0.3 is 0 Å². The average Bonchev–Trinajstić information content (AvgIpc) is 2.35. The zero-order chi connectivity index (χ0) is 17.8. The molecule has 0 aliphatic heterocycles. The first-order valence-corrected chi connectivity index (χ1v) is 8.70. The molecular formula is C12H20N2O7S2. The van der Waals surface area contributed by atoms with E-state index < -0.39 is 20.7 Å². The summed E-state index contributed by atoms with van der Waals surface area (Å²) in [7, 11) is 0. The van der Waals surface area contributed by atoms with E-state index in [9.17, 15) is 29.8 Å². The molecule has 0 saturated heterocycles. The van der Waals surface area contributed by atoms with Gasteiger partial charge in [-0.05, 0) is 12.8 Å². The van der Waals surface area contributed by atoms with E-state index in [0.717, 1.165) is 23.5 Å². The fourth-order valence-corrected chi connectivity index (χ4v) is 3.38. The first kappa shape index (κ1) is 21.8. The molecule has 2 unspecified atom stereocenters. The summed E-state index contributed by atoms with van der Waals surface area (Å²) in [5, 5.41) is 20.3.